The molecule has 0 aromatic heterocycles. The van der Waals surface area contributed by atoms with E-state index in [9.17, 15) is 17.2 Å². The fourth-order valence-corrected chi connectivity index (χ4v) is 2.86. The van der Waals surface area contributed by atoms with Crippen molar-refractivity contribution in [1.82, 2.24) is 10.0 Å². The molecule has 0 bridgehead atoms. The van der Waals surface area contributed by atoms with Crippen molar-refractivity contribution in [3.8, 4) is 5.75 Å². The van der Waals surface area contributed by atoms with Gasteiger partial charge in [-0.2, -0.15) is 0 Å². The third-order valence-corrected chi connectivity index (χ3v) is 4.16. The number of halogens is 2. The van der Waals surface area contributed by atoms with Gasteiger partial charge < -0.3 is 10.1 Å². The number of methoxy groups -OCH3 is 1. The summed E-state index contributed by atoms with van der Waals surface area (Å²) in [5, 5.41) is 3.18. The van der Waals surface area contributed by atoms with Crippen LogP contribution in [0.25, 0.3) is 0 Å². The van der Waals surface area contributed by atoms with E-state index in [1.807, 2.05) is 11.6 Å². The number of ether oxygens (including phenoxy) is 1. The van der Waals surface area contributed by atoms with E-state index >= 15 is 0 Å². The summed E-state index contributed by atoms with van der Waals surface area (Å²) in [6.45, 7) is 2.54. The molecule has 1 rings (SSSR count). The second-order valence-electron chi connectivity index (χ2n) is 4.40. The van der Waals surface area contributed by atoms with Gasteiger partial charge in [0.15, 0.2) is 0 Å². The van der Waals surface area contributed by atoms with Gasteiger partial charge >= 0.3 is 0 Å². The Labute approximate surface area is 123 Å². The predicted octanol–water partition coefficient (Wildman–Crippen LogP) is 1.74. The van der Waals surface area contributed by atoms with Gasteiger partial charge in [0.05, 0.1) is 13.7 Å². The van der Waals surface area contributed by atoms with E-state index < -0.39 is 23.0 Å². The Morgan fingerprint density at radius 2 is 2.05 bits per heavy atom. The van der Waals surface area contributed by atoms with Crippen LogP contribution in [-0.4, -0.2) is 35.0 Å². The van der Waals surface area contributed by atoms with E-state index in [2.05, 4.69) is 5.32 Å². The van der Waals surface area contributed by atoms with E-state index in [0.717, 1.165) is 18.5 Å². The maximum atomic E-state index is 12.1. The summed E-state index contributed by atoms with van der Waals surface area (Å²) in [5.74, 6) is 0.132. The zero-order valence-electron chi connectivity index (χ0n) is 12.0. The zero-order valence-corrected chi connectivity index (χ0v) is 12.8. The smallest absolute Gasteiger partial charge is 0.251 e. The lowest BCUT2D eigenvalue weighted by Gasteiger charge is -2.12. The van der Waals surface area contributed by atoms with Gasteiger partial charge in [-0.1, -0.05) is 13.0 Å². The number of benzene rings is 1. The molecule has 1 aromatic rings. The van der Waals surface area contributed by atoms with Gasteiger partial charge in [-0.3, -0.25) is 0 Å². The highest BCUT2D eigenvalue weighted by Gasteiger charge is 2.21. The Hall–Kier alpha value is -1.25. The molecule has 0 aliphatic rings. The van der Waals surface area contributed by atoms with Gasteiger partial charge in [0.1, 0.15) is 10.6 Å². The van der Waals surface area contributed by atoms with E-state index in [0.29, 0.717) is 6.54 Å². The minimum absolute atomic E-state index is 0.132. The summed E-state index contributed by atoms with van der Waals surface area (Å²) in [6, 6.07) is 4.57. The molecule has 0 fully saturated rings. The van der Waals surface area contributed by atoms with Crippen molar-refractivity contribution in [2.75, 3.05) is 20.2 Å². The summed E-state index contributed by atoms with van der Waals surface area (Å²) < 4.78 is 55.1. The molecule has 0 aliphatic carbocycles. The molecule has 0 saturated carbocycles. The summed E-state index contributed by atoms with van der Waals surface area (Å²) in [6.07, 6.45) is -1.76. The van der Waals surface area contributed by atoms with Crippen LogP contribution in [0.15, 0.2) is 23.1 Å². The Kier molecular flexibility index (Phi) is 7.00. The molecule has 2 N–H and O–H groups in total. The molecule has 120 valence electrons. The molecule has 8 heteroatoms. The van der Waals surface area contributed by atoms with Crippen LogP contribution in [0, 0.1) is 0 Å². The summed E-state index contributed by atoms with van der Waals surface area (Å²) in [5.41, 5.74) is 0.855. The van der Waals surface area contributed by atoms with Crippen LogP contribution in [-0.2, 0) is 16.6 Å². The molecule has 0 heterocycles. The van der Waals surface area contributed by atoms with Crippen molar-refractivity contribution in [2.45, 2.75) is 31.2 Å². The standard InChI is InChI=1S/C13H20F2N2O3S/c1-3-6-16-8-10-4-5-12(11(7-10)20-2)21(18,19)17-9-13(14)15/h4-5,7,13,16-17H,3,6,8-9H2,1-2H3. The van der Waals surface area contributed by atoms with Crippen LogP contribution in [0.1, 0.15) is 18.9 Å². The number of sulfonamides is 1. The van der Waals surface area contributed by atoms with Gasteiger partial charge in [0.25, 0.3) is 6.43 Å². The average Bonchev–Trinajstić information content (AvgIpc) is 2.45. The minimum Gasteiger partial charge on any atom is -0.495 e. The second-order valence-corrected chi connectivity index (χ2v) is 6.14. The van der Waals surface area contributed by atoms with Crippen LogP contribution in [0.2, 0.25) is 0 Å². The number of nitrogens with one attached hydrogen (secondary N) is 2. The maximum Gasteiger partial charge on any atom is 0.251 e. The molecule has 0 saturated heterocycles. The highest BCUT2D eigenvalue weighted by atomic mass is 32.2. The first-order valence-corrected chi connectivity index (χ1v) is 8.04. The topological polar surface area (TPSA) is 67.4 Å². The summed E-state index contributed by atoms with van der Waals surface area (Å²) in [7, 11) is -2.68. The first-order chi connectivity index (χ1) is 9.90. The molecule has 0 spiro atoms. The molecule has 1 aromatic carbocycles. The largest absolute Gasteiger partial charge is 0.495 e. The molecule has 0 atom stereocenters. The second kappa shape index (κ2) is 8.26. The van der Waals surface area contributed by atoms with Gasteiger partial charge in [-0.15, -0.1) is 0 Å². The Bertz CT molecular complexity index is 550. The predicted molar refractivity (Wildman–Crippen MR) is 76.2 cm³/mol. The number of alkyl halides is 2. The monoisotopic (exact) mass is 322 g/mol. The van der Waals surface area contributed by atoms with Crippen molar-refractivity contribution in [1.29, 1.82) is 0 Å². The minimum atomic E-state index is -4.02. The fraction of sp³-hybridized carbons (Fsp3) is 0.538. The van der Waals surface area contributed by atoms with E-state index in [1.54, 1.807) is 12.1 Å². The molecule has 0 amide bonds. The lowest BCUT2D eigenvalue weighted by atomic mass is 10.2. The van der Waals surface area contributed by atoms with E-state index in [4.69, 9.17) is 4.74 Å². The van der Waals surface area contributed by atoms with Crippen LogP contribution in [0.4, 0.5) is 8.78 Å². The van der Waals surface area contributed by atoms with Gasteiger partial charge in [0, 0.05) is 6.54 Å². The maximum absolute atomic E-state index is 12.1. The van der Waals surface area contributed by atoms with E-state index in [1.165, 1.54) is 13.2 Å². The first kappa shape index (κ1) is 17.8. The van der Waals surface area contributed by atoms with Crippen molar-refractivity contribution < 1.29 is 21.9 Å². The molecular weight excluding hydrogens is 302 g/mol. The number of hydrogen-bond donors (Lipinski definition) is 2. The van der Waals surface area contributed by atoms with Crippen LogP contribution in [0.3, 0.4) is 0 Å². The molecule has 0 unspecified atom stereocenters. The van der Waals surface area contributed by atoms with Gasteiger partial charge in [0.2, 0.25) is 10.0 Å². The van der Waals surface area contributed by atoms with E-state index in [-0.39, 0.29) is 10.6 Å². The van der Waals surface area contributed by atoms with Crippen molar-refractivity contribution >= 4 is 10.0 Å². The number of rotatable bonds is 9. The molecule has 21 heavy (non-hydrogen) atoms. The first-order valence-electron chi connectivity index (χ1n) is 6.56. The Balaban J connectivity index is 2.92. The van der Waals surface area contributed by atoms with Crippen molar-refractivity contribution in [2.24, 2.45) is 0 Å². The third-order valence-electron chi connectivity index (χ3n) is 2.70. The SMILES string of the molecule is CCCNCc1ccc(S(=O)(=O)NCC(F)F)c(OC)c1. The molecule has 0 aliphatic heterocycles. The zero-order chi connectivity index (χ0) is 15.9. The number of hydrogen-bond acceptors (Lipinski definition) is 4. The fourth-order valence-electron chi connectivity index (χ4n) is 1.70. The Morgan fingerprint density at radius 1 is 1.33 bits per heavy atom. The molecule has 0 radical (unpaired) electrons. The van der Waals surface area contributed by atoms with Crippen LogP contribution in [0.5, 0.6) is 5.75 Å². The van der Waals surface area contributed by atoms with Crippen LogP contribution < -0.4 is 14.8 Å². The summed E-state index contributed by atoms with van der Waals surface area (Å²) >= 11 is 0. The van der Waals surface area contributed by atoms with Crippen LogP contribution >= 0.6 is 0 Å². The lowest BCUT2D eigenvalue weighted by molar-refractivity contribution is 0.153. The van der Waals surface area contributed by atoms with Gasteiger partial charge in [-0.05, 0) is 30.7 Å². The van der Waals surface area contributed by atoms with Crippen molar-refractivity contribution in [3.63, 3.8) is 0 Å². The average molecular weight is 322 g/mol. The third kappa shape index (κ3) is 5.56. The Morgan fingerprint density at radius 3 is 2.62 bits per heavy atom. The molecule has 5 nitrogen and oxygen atoms in total. The lowest BCUT2D eigenvalue weighted by Crippen LogP contribution is -2.29. The van der Waals surface area contributed by atoms with Gasteiger partial charge in [-0.25, -0.2) is 21.9 Å². The highest BCUT2D eigenvalue weighted by molar-refractivity contribution is 7.89. The highest BCUT2D eigenvalue weighted by Crippen LogP contribution is 2.25. The molecular formula is C13H20F2N2O3S. The normalized spacial score (nSPS) is 11.9. The summed E-state index contributed by atoms with van der Waals surface area (Å²) in [4.78, 5) is -0.148. The van der Waals surface area contributed by atoms with Crippen molar-refractivity contribution in [3.05, 3.63) is 23.8 Å². The quantitative estimate of drug-likeness (QED) is 0.680.